The number of hydrogen-bond acceptors (Lipinski definition) is 5. The SMILES string of the molecule is O=C1c2ccccc2NC(c2ccc(CSC(F)F)o2)N1CC1CCCO1. The van der Waals surface area contributed by atoms with Crippen molar-refractivity contribution < 1.29 is 22.7 Å². The number of anilines is 1. The highest BCUT2D eigenvalue weighted by molar-refractivity contribution is 7.98. The number of thioether (sulfide) groups is 1. The number of carbonyl (C=O) groups is 1. The number of amides is 1. The van der Waals surface area contributed by atoms with Crippen LogP contribution >= 0.6 is 11.8 Å². The standard InChI is InChI=1S/C19H20F2N2O3S/c20-19(21)27-11-13-7-8-16(26-13)17-22-15-6-2-1-5-14(15)18(24)23(17)10-12-4-3-9-25-12/h1-2,5-8,12,17,19,22H,3-4,9-11H2. The molecule has 1 fully saturated rings. The Morgan fingerprint density at radius 1 is 1.26 bits per heavy atom. The highest BCUT2D eigenvalue weighted by Crippen LogP contribution is 2.35. The van der Waals surface area contributed by atoms with Crippen molar-refractivity contribution >= 4 is 23.4 Å². The van der Waals surface area contributed by atoms with Gasteiger partial charge in [-0.3, -0.25) is 4.79 Å². The number of benzene rings is 1. The van der Waals surface area contributed by atoms with E-state index >= 15 is 0 Å². The summed E-state index contributed by atoms with van der Waals surface area (Å²) >= 11 is 0.512. The first-order valence-corrected chi connectivity index (χ1v) is 9.93. The zero-order valence-electron chi connectivity index (χ0n) is 14.6. The Labute approximate surface area is 160 Å². The van der Waals surface area contributed by atoms with Crippen molar-refractivity contribution in [3.63, 3.8) is 0 Å². The number of para-hydroxylation sites is 1. The third-order valence-corrected chi connectivity index (χ3v) is 5.45. The van der Waals surface area contributed by atoms with E-state index in [-0.39, 0.29) is 17.8 Å². The lowest BCUT2D eigenvalue weighted by Gasteiger charge is -2.37. The average Bonchev–Trinajstić information content (AvgIpc) is 3.34. The van der Waals surface area contributed by atoms with Crippen molar-refractivity contribution in [2.45, 2.75) is 36.6 Å². The summed E-state index contributed by atoms with van der Waals surface area (Å²) in [4.78, 5) is 14.8. The number of ether oxygens (including phenoxy) is 1. The largest absolute Gasteiger partial charge is 0.461 e. The van der Waals surface area contributed by atoms with Crippen LogP contribution in [-0.4, -0.2) is 35.8 Å². The third kappa shape index (κ3) is 3.96. The number of halogens is 2. The molecule has 1 N–H and O–H groups in total. The molecule has 0 radical (unpaired) electrons. The van der Waals surface area contributed by atoms with Gasteiger partial charge in [0.25, 0.3) is 11.7 Å². The zero-order chi connectivity index (χ0) is 18.8. The van der Waals surface area contributed by atoms with Crippen molar-refractivity contribution in [3.05, 3.63) is 53.5 Å². The molecule has 3 heterocycles. The molecule has 1 aromatic carbocycles. The molecule has 144 valence electrons. The Balaban J connectivity index is 1.60. The highest BCUT2D eigenvalue weighted by atomic mass is 32.2. The Bertz CT molecular complexity index is 808. The average molecular weight is 394 g/mol. The minimum Gasteiger partial charge on any atom is -0.461 e. The molecule has 2 aliphatic heterocycles. The number of alkyl halides is 2. The molecule has 4 rings (SSSR count). The van der Waals surface area contributed by atoms with Crippen LogP contribution in [0.5, 0.6) is 0 Å². The summed E-state index contributed by atoms with van der Waals surface area (Å²) in [6.45, 7) is 1.16. The van der Waals surface area contributed by atoms with Gasteiger partial charge < -0.3 is 19.4 Å². The van der Waals surface area contributed by atoms with E-state index in [0.29, 0.717) is 42.0 Å². The molecule has 1 aromatic heterocycles. The normalized spacial score (nSPS) is 22.2. The molecule has 0 aliphatic carbocycles. The van der Waals surface area contributed by atoms with Crippen LogP contribution in [0.3, 0.4) is 0 Å². The number of carbonyl (C=O) groups excluding carboxylic acids is 1. The minimum absolute atomic E-state index is 0.00710. The second-order valence-corrected chi connectivity index (χ2v) is 7.54. The summed E-state index contributed by atoms with van der Waals surface area (Å²) in [5, 5.41) is 3.35. The fourth-order valence-electron chi connectivity index (χ4n) is 3.48. The summed E-state index contributed by atoms with van der Waals surface area (Å²) in [6, 6.07) is 10.7. The van der Waals surface area contributed by atoms with Gasteiger partial charge in [-0.15, -0.1) is 0 Å². The van der Waals surface area contributed by atoms with Crippen LogP contribution in [-0.2, 0) is 10.5 Å². The first-order chi connectivity index (χ1) is 13.1. The molecule has 27 heavy (non-hydrogen) atoms. The van der Waals surface area contributed by atoms with Gasteiger partial charge in [-0.1, -0.05) is 23.9 Å². The molecular formula is C19H20F2N2O3S. The van der Waals surface area contributed by atoms with E-state index in [9.17, 15) is 13.6 Å². The predicted octanol–water partition coefficient (Wildman–Crippen LogP) is 4.48. The topological polar surface area (TPSA) is 54.7 Å². The van der Waals surface area contributed by atoms with E-state index in [4.69, 9.17) is 9.15 Å². The van der Waals surface area contributed by atoms with Crippen LogP contribution in [0.15, 0.2) is 40.8 Å². The van der Waals surface area contributed by atoms with Gasteiger partial charge in [-0.2, -0.15) is 8.78 Å². The summed E-state index contributed by atoms with van der Waals surface area (Å²) < 4.78 is 36.3. The first kappa shape index (κ1) is 18.3. The number of nitrogens with zero attached hydrogens (tertiary/aromatic N) is 1. The molecule has 1 amide bonds. The van der Waals surface area contributed by atoms with E-state index < -0.39 is 11.9 Å². The van der Waals surface area contributed by atoms with E-state index in [1.807, 2.05) is 18.2 Å². The molecule has 2 aliphatic rings. The lowest BCUT2D eigenvalue weighted by atomic mass is 10.1. The highest BCUT2D eigenvalue weighted by Gasteiger charge is 2.36. The maximum Gasteiger partial charge on any atom is 0.284 e. The van der Waals surface area contributed by atoms with Crippen LogP contribution in [0, 0.1) is 0 Å². The number of fused-ring (bicyclic) bond motifs is 1. The van der Waals surface area contributed by atoms with E-state index in [1.54, 1.807) is 23.1 Å². The van der Waals surface area contributed by atoms with Gasteiger partial charge in [-0.25, -0.2) is 0 Å². The summed E-state index contributed by atoms with van der Waals surface area (Å²) in [5.74, 6) is -1.47. The van der Waals surface area contributed by atoms with Gasteiger partial charge in [0.1, 0.15) is 11.5 Å². The maximum atomic E-state index is 13.1. The number of hydrogen-bond donors (Lipinski definition) is 1. The summed E-state index contributed by atoms with van der Waals surface area (Å²) in [6.07, 6.45) is 1.39. The fraction of sp³-hybridized carbons (Fsp3) is 0.421. The van der Waals surface area contributed by atoms with Gasteiger partial charge in [0, 0.05) is 18.8 Å². The molecule has 0 bridgehead atoms. The van der Waals surface area contributed by atoms with Crippen molar-refractivity contribution in [1.82, 2.24) is 4.90 Å². The molecule has 2 aromatic rings. The van der Waals surface area contributed by atoms with E-state index in [2.05, 4.69) is 5.32 Å². The van der Waals surface area contributed by atoms with Gasteiger partial charge >= 0.3 is 0 Å². The van der Waals surface area contributed by atoms with Gasteiger partial charge in [-0.05, 0) is 37.1 Å². The number of furan rings is 1. The molecule has 0 spiro atoms. The summed E-state index contributed by atoms with van der Waals surface area (Å²) in [7, 11) is 0. The third-order valence-electron chi connectivity index (χ3n) is 4.75. The van der Waals surface area contributed by atoms with Crippen LogP contribution in [0.4, 0.5) is 14.5 Å². The van der Waals surface area contributed by atoms with Gasteiger partial charge in [0.05, 0.1) is 17.4 Å². The zero-order valence-corrected chi connectivity index (χ0v) is 15.4. The number of nitrogens with one attached hydrogen (secondary N) is 1. The Morgan fingerprint density at radius 3 is 2.89 bits per heavy atom. The van der Waals surface area contributed by atoms with Crippen LogP contribution in [0.25, 0.3) is 0 Å². The van der Waals surface area contributed by atoms with Crippen LogP contribution in [0.1, 0.15) is 40.9 Å². The van der Waals surface area contributed by atoms with Crippen molar-refractivity contribution in [2.75, 3.05) is 18.5 Å². The Hall–Kier alpha value is -2.06. The van der Waals surface area contributed by atoms with Crippen molar-refractivity contribution in [3.8, 4) is 0 Å². The number of rotatable bonds is 6. The Morgan fingerprint density at radius 2 is 2.11 bits per heavy atom. The molecule has 2 atom stereocenters. The second kappa shape index (κ2) is 7.90. The van der Waals surface area contributed by atoms with E-state index in [0.717, 1.165) is 18.5 Å². The minimum atomic E-state index is -2.45. The van der Waals surface area contributed by atoms with Crippen molar-refractivity contribution in [2.24, 2.45) is 0 Å². The van der Waals surface area contributed by atoms with Crippen LogP contribution in [0.2, 0.25) is 0 Å². The first-order valence-electron chi connectivity index (χ1n) is 8.88. The molecule has 1 saturated heterocycles. The van der Waals surface area contributed by atoms with Gasteiger partial charge in [0.2, 0.25) is 0 Å². The smallest absolute Gasteiger partial charge is 0.284 e. The second-order valence-electron chi connectivity index (χ2n) is 6.56. The lowest BCUT2D eigenvalue weighted by Crippen LogP contribution is -2.46. The quantitative estimate of drug-likeness (QED) is 0.783. The predicted molar refractivity (Wildman–Crippen MR) is 98.8 cm³/mol. The molecular weight excluding hydrogens is 374 g/mol. The van der Waals surface area contributed by atoms with Gasteiger partial charge in [0.15, 0.2) is 6.17 Å². The summed E-state index contributed by atoms with van der Waals surface area (Å²) in [5.41, 5.74) is 1.34. The van der Waals surface area contributed by atoms with Crippen LogP contribution < -0.4 is 5.32 Å². The molecule has 5 nitrogen and oxygen atoms in total. The Kier molecular flexibility index (Phi) is 5.36. The van der Waals surface area contributed by atoms with Crippen molar-refractivity contribution in [1.29, 1.82) is 0 Å². The maximum absolute atomic E-state index is 13.1. The monoisotopic (exact) mass is 394 g/mol. The molecule has 0 saturated carbocycles. The molecule has 8 heteroatoms. The van der Waals surface area contributed by atoms with E-state index in [1.165, 1.54) is 0 Å². The fourth-order valence-corrected chi connectivity index (χ4v) is 3.92. The lowest BCUT2D eigenvalue weighted by molar-refractivity contribution is 0.0401. The molecule has 2 unspecified atom stereocenters.